The summed E-state index contributed by atoms with van der Waals surface area (Å²) < 4.78 is 30.0. The van der Waals surface area contributed by atoms with Crippen molar-refractivity contribution in [2.75, 3.05) is 0 Å². The van der Waals surface area contributed by atoms with E-state index in [9.17, 15) is 8.42 Å². The average Bonchev–Trinajstić information content (AvgIpc) is 2.53. The van der Waals surface area contributed by atoms with E-state index in [4.69, 9.17) is 15.9 Å². The fourth-order valence-corrected chi connectivity index (χ4v) is 4.68. The van der Waals surface area contributed by atoms with Crippen LogP contribution in [0.2, 0.25) is 5.02 Å². The van der Waals surface area contributed by atoms with Crippen molar-refractivity contribution in [3.63, 3.8) is 0 Å². The van der Waals surface area contributed by atoms with Crippen LogP contribution in [-0.4, -0.2) is 14.1 Å². The number of halogens is 2. The minimum Gasteiger partial charge on any atom is -0.268 e. The zero-order chi connectivity index (χ0) is 17.2. The lowest BCUT2D eigenvalue weighted by Crippen LogP contribution is -2.15. The second-order valence-electron chi connectivity index (χ2n) is 5.58. The maximum absolute atomic E-state index is 12.1. The monoisotopic (exact) mass is 427 g/mol. The number of aryl methyl sites for hydroxylation is 1. The SMILES string of the molecule is O=S(=O)(Cc1ccccc1)O/N=C1\CCCc2cc(Cl)cc(Br)c21. The van der Waals surface area contributed by atoms with E-state index in [1.807, 2.05) is 12.1 Å². The smallest absolute Gasteiger partial charge is 0.268 e. The van der Waals surface area contributed by atoms with E-state index < -0.39 is 10.1 Å². The van der Waals surface area contributed by atoms with Crippen molar-refractivity contribution >= 4 is 43.4 Å². The molecule has 0 aromatic heterocycles. The van der Waals surface area contributed by atoms with Gasteiger partial charge in [0.2, 0.25) is 0 Å². The summed E-state index contributed by atoms with van der Waals surface area (Å²) in [5.74, 6) is -0.209. The summed E-state index contributed by atoms with van der Waals surface area (Å²) >= 11 is 9.55. The number of fused-ring (bicyclic) bond motifs is 1. The number of nitrogens with zero attached hydrogens (tertiary/aromatic N) is 1. The Balaban J connectivity index is 1.83. The normalized spacial score (nSPS) is 16.0. The molecule has 0 saturated heterocycles. The lowest BCUT2D eigenvalue weighted by Gasteiger charge is -2.19. The van der Waals surface area contributed by atoms with E-state index in [-0.39, 0.29) is 5.75 Å². The van der Waals surface area contributed by atoms with Gasteiger partial charge in [-0.3, -0.25) is 4.28 Å². The molecule has 1 aliphatic rings. The second-order valence-corrected chi connectivity index (χ2v) is 8.42. The van der Waals surface area contributed by atoms with Crippen LogP contribution in [0.5, 0.6) is 0 Å². The van der Waals surface area contributed by atoms with E-state index in [1.165, 1.54) is 0 Å². The maximum atomic E-state index is 12.1. The molecule has 3 rings (SSSR count). The van der Waals surface area contributed by atoms with Gasteiger partial charge >= 0.3 is 10.1 Å². The predicted molar refractivity (Wildman–Crippen MR) is 98.8 cm³/mol. The number of hydrogen-bond acceptors (Lipinski definition) is 4. The van der Waals surface area contributed by atoms with Gasteiger partial charge in [0.25, 0.3) is 0 Å². The summed E-state index contributed by atoms with van der Waals surface area (Å²) in [7, 11) is -3.79. The first kappa shape index (κ1) is 17.5. The molecule has 0 radical (unpaired) electrons. The third kappa shape index (κ3) is 4.18. The quantitative estimate of drug-likeness (QED) is 0.664. The average molecular weight is 429 g/mol. The van der Waals surface area contributed by atoms with Crippen LogP contribution in [0.15, 0.2) is 52.1 Å². The number of oxime groups is 1. The maximum Gasteiger partial charge on any atom is 0.332 e. The molecule has 0 heterocycles. The summed E-state index contributed by atoms with van der Waals surface area (Å²) in [5.41, 5.74) is 3.20. The molecule has 0 unspecified atom stereocenters. The van der Waals surface area contributed by atoms with E-state index >= 15 is 0 Å². The van der Waals surface area contributed by atoms with Crippen molar-refractivity contribution in [2.45, 2.75) is 25.0 Å². The highest BCUT2D eigenvalue weighted by Gasteiger charge is 2.21. The molecule has 0 amide bonds. The van der Waals surface area contributed by atoms with E-state index in [2.05, 4.69) is 21.1 Å². The van der Waals surface area contributed by atoms with Crippen molar-refractivity contribution in [3.05, 3.63) is 68.7 Å². The van der Waals surface area contributed by atoms with Crippen LogP contribution in [-0.2, 0) is 26.6 Å². The third-order valence-corrected chi connectivity index (χ3v) is 5.56. The van der Waals surface area contributed by atoms with E-state index in [0.29, 0.717) is 22.7 Å². The molecule has 7 heteroatoms. The lowest BCUT2D eigenvalue weighted by molar-refractivity contribution is 0.336. The van der Waals surface area contributed by atoms with Gasteiger partial charge in [-0.25, -0.2) is 0 Å². The molecule has 24 heavy (non-hydrogen) atoms. The minimum absolute atomic E-state index is 0.209. The highest BCUT2D eigenvalue weighted by molar-refractivity contribution is 9.10. The number of rotatable bonds is 4. The molecule has 4 nitrogen and oxygen atoms in total. The largest absolute Gasteiger partial charge is 0.332 e. The molecule has 1 aliphatic carbocycles. The Hall–Kier alpha value is -1.37. The molecule has 0 saturated carbocycles. The van der Waals surface area contributed by atoms with Gasteiger partial charge in [0.15, 0.2) is 0 Å². The van der Waals surface area contributed by atoms with Gasteiger partial charge in [0.05, 0.1) is 5.71 Å². The van der Waals surface area contributed by atoms with Crippen LogP contribution >= 0.6 is 27.5 Å². The lowest BCUT2D eigenvalue weighted by atomic mass is 9.90. The first-order valence-corrected chi connectivity index (χ1v) is 10.2. The number of hydrogen-bond donors (Lipinski definition) is 0. The molecule has 0 atom stereocenters. The molecule has 0 aliphatic heterocycles. The second kappa shape index (κ2) is 7.25. The molecule has 2 aromatic rings. The molecule has 0 fully saturated rings. The van der Waals surface area contributed by atoms with Crippen molar-refractivity contribution in [1.82, 2.24) is 0 Å². The van der Waals surface area contributed by atoms with Gasteiger partial charge in [-0.15, -0.1) is 0 Å². The molecular formula is C17H15BrClNO3S. The molecule has 0 spiro atoms. The van der Waals surface area contributed by atoms with Gasteiger partial charge in [0, 0.05) is 15.1 Å². The summed E-state index contributed by atoms with van der Waals surface area (Å²) in [5, 5.41) is 4.58. The topological polar surface area (TPSA) is 55.7 Å². The van der Waals surface area contributed by atoms with Crippen molar-refractivity contribution in [1.29, 1.82) is 0 Å². The van der Waals surface area contributed by atoms with E-state index in [0.717, 1.165) is 28.4 Å². The zero-order valence-electron chi connectivity index (χ0n) is 12.7. The van der Waals surface area contributed by atoms with Gasteiger partial charge in [0.1, 0.15) is 5.75 Å². The molecular weight excluding hydrogens is 414 g/mol. The highest BCUT2D eigenvalue weighted by atomic mass is 79.9. The van der Waals surface area contributed by atoms with Gasteiger partial charge in [-0.05, 0) is 42.5 Å². The summed E-state index contributed by atoms with van der Waals surface area (Å²) in [6.07, 6.45) is 2.42. The Morgan fingerprint density at radius 1 is 1.17 bits per heavy atom. The fraction of sp³-hybridized carbons (Fsp3) is 0.235. The van der Waals surface area contributed by atoms with Crippen LogP contribution in [0.4, 0.5) is 0 Å². The van der Waals surface area contributed by atoms with Gasteiger partial charge in [-0.2, -0.15) is 8.42 Å². The molecule has 2 aromatic carbocycles. The summed E-state index contributed by atoms with van der Waals surface area (Å²) in [6.45, 7) is 0. The van der Waals surface area contributed by atoms with Crippen LogP contribution in [0.25, 0.3) is 0 Å². The predicted octanol–water partition coefficient (Wildman–Crippen LogP) is 4.69. The number of benzene rings is 2. The standard InChI is InChI=1S/C17H15BrClNO3S/c18-15-10-14(19)9-13-7-4-8-16(17(13)15)20-23-24(21,22)11-12-5-2-1-3-6-12/h1-3,5-6,9-10H,4,7-8,11H2/b20-16+. The summed E-state index contributed by atoms with van der Waals surface area (Å²) in [6, 6.07) is 12.5. The van der Waals surface area contributed by atoms with E-state index in [1.54, 1.807) is 30.3 Å². The Bertz CT molecular complexity index is 882. The Kier molecular flexibility index (Phi) is 5.27. The molecule has 126 valence electrons. The van der Waals surface area contributed by atoms with Crippen LogP contribution in [0.1, 0.15) is 29.5 Å². The van der Waals surface area contributed by atoms with Crippen molar-refractivity contribution < 1.29 is 12.7 Å². The first-order chi connectivity index (χ1) is 11.4. The van der Waals surface area contributed by atoms with Crippen molar-refractivity contribution in [2.24, 2.45) is 5.16 Å². The zero-order valence-corrected chi connectivity index (χ0v) is 15.9. The highest BCUT2D eigenvalue weighted by Crippen LogP contribution is 2.32. The molecule has 0 bridgehead atoms. The van der Waals surface area contributed by atoms with Gasteiger partial charge in [-0.1, -0.05) is 63.0 Å². The minimum atomic E-state index is -3.79. The fourth-order valence-electron chi connectivity index (χ4n) is 2.72. The third-order valence-electron chi connectivity index (χ3n) is 3.73. The Morgan fingerprint density at radius 2 is 1.92 bits per heavy atom. The Morgan fingerprint density at radius 3 is 2.67 bits per heavy atom. The van der Waals surface area contributed by atoms with Crippen LogP contribution in [0.3, 0.4) is 0 Å². The summed E-state index contributed by atoms with van der Waals surface area (Å²) in [4.78, 5) is 0. The van der Waals surface area contributed by atoms with Gasteiger partial charge < -0.3 is 0 Å². The van der Waals surface area contributed by atoms with Crippen LogP contribution in [0, 0.1) is 0 Å². The van der Waals surface area contributed by atoms with Crippen molar-refractivity contribution in [3.8, 4) is 0 Å². The van der Waals surface area contributed by atoms with Crippen LogP contribution < -0.4 is 0 Å². The molecule has 0 N–H and O–H groups in total. The first-order valence-electron chi connectivity index (χ1n) is 7.45. The Labute approximate surface area is 154 Å².